The van der Waals surface area contributed by atoms with Gasteiger partial charge in [-0.3, -0.25) is 0 Å². The predicted octanol–water partition coefficient (Wildman–Crippen LogP) is 13.5. The van der Waals surface area contributed by atoms with Gasteiger partial charge in [0.25, 0.3) is 0 Å². The quantitative estimate of drug-likeness (QED) is 0.171. The maximum atomic E-state index is 2.40. The largest absolute Gasteiger partial charge is 0.0622 e. The highest BCUT2D eigenvalue weighted by Gasteiger charge is 2.18. The Morgan fingerprint density at radius 3 is 1.08 bits per heavy atom. The molecule has 0 saturated carbocycles. The van der Waals surface area contributed by atoms with Crippen molar-refractivity contribution in [2.45, 2.75) is 0 Å². The summed E-state index contributed by atoms with van der Waals surface area (Å²) >= 11 is 0. The van der Waals surface area contributed by atoms with Gasteiger partial charge in [0.15, 0.2) is 0 Å². The van der Waals surface area contributed by atoms with Crippen LogP contribution in [0.4, 0.5) is 0 Å². The maximum absolute atomic E-state index is 2.40. The zero-order valence-corrected chi connectivity index (χ0v) is 26.5. The molecule has 0 heteroatoms. The molecule has 0 unspecified atom stereocenters. The van der Waals surface area contributed by atoms with Crippen LogP contribution in [-0.2, 0) is 0 Å². The molecule has 0 aliphatic rings. The molecule has 0 aliphatic carbocycles. The van der Waals surface area contributed by atoms with Crippen LogP contribution in [0.15, 0.2) is 194 Å². The van der Waals surface area contributed by atoms with E-state index in [1.54, 1.807) is 0 Å². The van der Waals surface area contributed by atoms with Crippen LogP contribution in [0.1, 0.15) is 0 Å². The highest BCUT2D eigenvalue weighted by molar-refractivity contribution is 6.22. The maximum Gasteiger partial charge on any atom is -0.00261 e. The van der Waals surface area contributed by atoms with Crippen LogP contribution < -0.4 is 0 Å². The number of hydrogen-bond acceptors (Lipinski definition) is 0. The normalized spacial score (nSPS) is 11.3. The minimum atomic E-state index is 1.21. The number of hydrogen-bond donors (Lipinski definition) is 0. The molecular formula is C48H32. The lowest BCUT2D eigenvalue weighted by Crippen LogP contribution is -1.93. The average Bonchev–Trinajstić information content (AvgIpc) is 3.17. The van der Waals surface area contributed by atoms with Crippen LogP contribution in [-0.4, -0.2) is 0 Å². The Labute approximate surface area is 281 Å². The van der Waals surface area contributed by atoms with E-state index >= 15 is 0 Å². The molecule has 9 aromatic rings. The van der Waals surface area contributed by atoms with Gasteiger partial charge in [0.2, 0.25) is 0 Å². The topological polar surface area (TPSA) is 0 Å². The first-order valence-corrected chi connectivity index (χ1v) is 16.6. The zero-order chi connectivity index (χ0) is 31.9. The molecule has 0 N–H and O–H groups in total. The summed E-state index contributed by atoms with van der Waals surface area (Å²) in [6.07, 6.45) is 0. The Balaban J connectivity index is 1.32. The first-order chi connectivity index (χ1) is 23.8. The molecule has 0 saturated heterocycles. The lowest BCUT2D eigenvalue weighted by atomic mass is 9.83. The summed E-state index contributed by atoms with van der Waals surface area (Å²) in [6, 6.07) is 70.8. The van der Waals surface area contributed by atoms with E-state index in [-0.39, 0.29) is 0 Å². The van der Waals surface area contributed by atoms with Crippen LogP contribution >= 0.6 is 0 Å². The second-order valence-electron chi connectivity index (χ2n) is 12.5. The van der Waals surface area contributed by atoms with Crippen molar-refractivity contribution in [1.82, 2.24) is 0 Å². The fourth-order valence-electron chi connectivity index (χ4n) is 7.27. The second kappa shape index (κ2) is 11.8. The first kappa shape index (κ1) is 28.0. The van der Waals surface area contributed by atoms with Crippen LogP contribution in [0.2, 0.25) is 0 Å². The minimum Gasteiger partial charge on any atom is -0.0622 e. The molecule has 0 fully saturated rings. The van der Waals surface area contributed by atoms with Crippen LogP contribution in [0.25, 0.3) is 88.0 Å². The molecule has 0 spiro atoms. The van der Waals surface area contributed by atoms with Gasteiger partial charge in [0, 0.05) is 0 Å². The summed E-state index contributed by atoms with van der Waals surface area (Å²) in [5.41, 5.74) is 12.3. The third kappa shape index (κ3) is 4.96. The molecular weight excluding hydrogens is 577 g/mol. The highest BCUT2D eigenvalue weighted by Crippen LogP contribution is 2.46. The molecule has 9 rings (SSSR count). The number of benzene rings is 9. The van der Waals surface area contributed by atoms with E-state index in [4.69, 9.17) is 0 Å². The smallest absolute Gasteiger partial charge is 0.00261 e. The summed E-state index contributed by atoms with van der Waals surface area (Å²) in [5.74, 6) is 0. The summed E-state index contributed by atoms with van der Waals surface area (Å²) in [4.78, 5) is 0. The van der Waals surface area contributed by atoms with E-state index in [9.17, 15) is 0 Å². The third-order valence-electron chi connectivity index (χ3n) is 9.65. The molecule has 0 amide bonds. The monoisotopic (exact) mass is 608 g/mol. The standard InChI is InChI=1S/C48H32/c1-4-12-33(13-5-1)41-27-29-44-45(31-41)47(37-17-8-3-9-18-37)43-28-26-42(34-14-6-2-7-15-34)32-46(43)48(44)38-23-20-36(21-24-38)40-25-22-35-16-10-11-19-39(35)30-40/h1-32H. The molecule has 0 heterocycles. The zero-order valence-electron chi connectivity index (χ0n) is 26.5. The summed E-state index contributed by atoms with van der Waals surface area (Å²) in [5, 5.41) is 7.55. The first-order valence-electron chi connectivity index (χ1n) is 16.6. The number of fused-ring (bicyclic) bond motifs is 3. The SMILES string of the molecule is c1ccc(-c2ccc3c(-c4ccc(-c5ccc6ccccc6c5)cc4)c4cc(-c5ccccc5)ccc4c(-c4ccccc4)c3c2)cc1. The van der Waals surface area contributed by atoms with Crippen molar-refractivity contribution in [1.29, 1.82) is 0 Å². The summed E-state index contributed by atoms with van der Waals surface area (Å²) in [6.45, 7) is 0. The van der Waals surface area contributed by atoms with Crippen molar-refractivity contribution in [3.05, 3.63) is 194 Å². The van der Waals surface area contributed by atoms with E-state index in [1.807, 2.05) is 0 Å². The van der Waals surface area contributed by atoms with Crippen molar-refractivity contribution in [3.8, 4) is 55.6 Å². The average molecular weight is 609 g/mol. The molecule has 0 aromatic heterocycles. The van der Waals surface area contributed by atoms with Gasteiger partial charge in [0.05, 0.1) is 0 Å². The molecule has 0 bridgehead atoms. The van der Waals surface area contributed by atoms with Gasteiger partial charge in [-0.1, -0.05) is 176 Å². The fraction of sp³-hybridized carbons (Fsp3) is 0. The van der Waals surface area contributed by atoms with E-state index in [1.165, 1.54) is 88.0 Å². The van der Waals surface area contributed by atoms with Gasteiger partial charge >= 0.3 is 0 Å². The Morgan fingerprint density at radius 1 is 0.188 bits per heavy atom. The van der Waals surface area contributed by atoms with Crippen molar-refractivity contribution >= 4 is 32.3 Å². The van der Waals surface area contributed by atoms with Crippen molar-refractivity contribution < 1.29 is 0 Å². The Morgan fingerprint density at radius 2 is 0.542 bits per heavy atom. The van der Waals surface area contributed by atoms with E-state index in [0.717, 1.165) is 0 Å². The highest BCUT2D eigenvalue weighted by atomic mass is 14.2. The Kier molecular flexibility index (Phi) is 6.91. The molecule has 0 radical (unpaired) electrons. The molecule has 9 aromatic carbocycles. The lowest BCUT2D eigenvalue weighted by Gasteiger charge is -2.20. The minimum absolute atomic E-state index is 1.21. The summed E-state index contributed by atoms with van der Waals surface area (Å²) in [7, 11) is 0. The Bertz CT molecular complexity index is 2560. The summed E-state index contributed by atoms with van der Waals surface area (Å²) < 4.78 is 0. The van der Waals surface area contributed by atoms with Crippen LogP contribution in [0.3, 0.4) is 0 Å². The van der Waals surface area contributed by atoms with Crippen molar-refractivity contribution in [2.24, 2.45) is 0 Å². The van der Waals surface area contributed by atoms with Gasteiger partial charge in [-0.2, -0.15) is 0 Å². The Hall–Kier alpha value is -6.24. The molecule has 224 valence electrons. The van der Waals surface area contributed by atoms with E-state index in [2.05, 4.69) is 194 Å². The van der Waals surface area contributed by atoms with E-state index in [0.29, 0.717) is 0 Å². The van der Waals surface area contributed by atoms with Crippen LogP contribution in [0.5, 0.6) is 0 Å². The van der Waals surface area contributed by atoms with Gasteiger partial charge in [-0.25, -0.2) is 0 Å². The molecule has 48 heavy (non-hydrogen) atoms. The van der Waals surface area contributed by atoms with Gasteiger partial charge in [0.1, 0.15) is 0 Å². The van der Waals surface area contributed by atoms with Crippen molar-refractivity contribution in [2.75, 3.05) is 0 Å². The molecule has 0 aliphatic heterocycles. The number of rotatable bonds is 5. The van der Waals surface area contributed by atoms with Gasteiger partial charge < -0.3 is 0 Å². The van der Waals surface area contributed by atoms with E-state index < -0.39 is 0 Å². The third-order valence-corrected chi connectivity index (χ3v) is 9.65. The molecule has 0 atom stereocenters. The lowest BCUT2D eigenvalue weighted by molar-refractivity contribution is 1.61. The second-order valence-corrected chi connectivity index (χ2v) is 12.5. The van der Waals surface area contributed by atoms with Crippen molar-refractivity contribution in [3.63, 3.8) is 0 Å². The van der Waals surface area contributed by atoms with Crippen LogP contribution in [0, 0.1) is 0 Å². The van der Waals surface area contributed by atoms with Gasteiger partial charge in [-0.05, 0) is 106 Å². The molecule has 0 nitrogen and oxygen atoms in total. The predicted molar refractivity (Wildman–Crippen MR) is 206 cm³/mol. The van der Waals surface area contributed by atoms with Gasteiger partial charge in [-0.15, -0.1) is 0 Å². The fourth-order valence-corrected chi connectivity index (χ4v) is 7.27.